The molecule has 4 aromatic carbocycles. The van der Waals surface area contributed by atoms with Crippen molar-refractivity contribution in [2.45, 2.75) is 89.7 Å². The van der Waals surface area contributed by atoms with Crippen LogP contribution in [0.3, 0.4) is 0 Å². The molecule has 1 unspecified atom stereocenters. The Balaban J connectivity index is 1.62. The highest BCUT2D eigenvalue weighted by Crippen LogP contribution is 2.54. The van der Waals surface area contributed by atoms with Crippen LogP contribution in [0.1, 0.15) is 70.4 Å². The Morgan fingerprint density at radius 2 is 1.27 bits per heavy atom. The predicted octanol–water partition coefficient (Wildman–Crippen LogP) is 3.82. The molecule has 1 N–H and O–H groups in total. The summed E-state index contributed by atoms with van der Waals surface area (Å²) in [6, 6.07) is 8.50. The van der Waals surface area contributed by atoms with Crippen molar-refractivity contribution in [2.75, 3.05) is 37.5 Å². The summed E-state index contributed by atoms with van der Waals surface area (Å²) in [6.45, 7) is 5.45. The van der Waals surface area contributed by atoms with Crippen LogP contribution in [0.2, 0.25) is 0 Å². The van der Waals surface area contributed by atoms with Crippen LogP contribution in [0.25, 0.3) is 21.5 Å². The van der Waals surface area contributed by atoms with Crippen molar-refractivity contribution in [3.8, 4) is 0 Å². The van der Waals surface area contributed by atoms with Gasteiger partial charge in [0.1, 0.15) is 47.0 Å². The molecular formula is C42H44N2O18S5-4. The molecule has 2 aliphatic heterocycles. The first-order valence-corrected chi connectivity index (χ1v) is 27.5. The van der Waals surface area contributed by atoms with Gasteiger partial charge in [-0.1, -0.05) is 12.1 Å². The van der Waals surface area contributed by atoms with Crippen LogP contribution in [0.15, 0.2) is 92.0 Å². The second kappa shape index (κ2) is 18.3. The van der Waals surface area contributed by atoms with E-state index in [1.807, 2.05) is 4.58 Å². The topological polar surface area (TPSA) is 339 Å². The lowest BCUT2D eigenvalue weighted by molar-refractivity contribution is -0.438. The van der Waals surface area contributed by atoms with E-state index >= 15 is 0 Å². The lowest BCUT2D eigenvalue weighted by Crippen LogP contribution is -2.31. The van der Waals surface area contributed by atoms with Gasteiger partial charge in [-0.25, -0.2) is 42.1 Å². The smallest absolute Gasteiger partial charge is 0.303 e. The summed E-state index contributed by atoms with van der Waals surface area (Å²) in [5.74, 6) is -1.83. The number of ether oxygens (including phenoxy) is 1. The minimum absolute atomic E-state index is 0.0184. The van der Waals surface area contributed by atoms with Crippen molar-refractivity contribution in [1.29, 1.82) is 0 Å². The molecule has 1 atom stereocenters. The molecule has 25 heteroatoms. The van der Waals surface area contributed by atoms with E-state index in [1.54, 1.807) is 43.9 Å². The molecule has 6 rings (SSSR count). The van der Waals surface area contributed by atoms with Gasteiger partial charge in [0, 0.05) is 72.1 Å². The van der Waals surface area contributed by atoms with Crippen molar-refractivity contribution < 1.29 is 84.1 Å². The maximum absolute atomic E-state index is 12.6. The molecule has 0 fully saturated rings. The fraction of sp³-hybridized carbons (Fsp3) is 0.381. The lowest BCUT2D eigenvalue weighted by Gasteiger charge is -2.31. The summed E-state index contributed by atoms with van der Waals surface area (Å²) < 4.78 is 192. The molecule has 20 nitrogen and oxygen atoms in total. The third-order valence-corrected chi connectivity index (χ3v) is 16.3. The number of carboxylic acids is 1. The summed E-state index contributed by atoms with van der Waals surface area (Å²) in [6.07, 6.45) is 5.56. The first-order chi connectivity index (χ1) is 30.8. The summed E-state index contributed by atoms with van der Waals surface area (Å²) in [5, 5.41) is 8.68. The quantitative estimate of drug-likeness (QED) is 0.0792. The average Bonchev–Trinajstić information content (AvgIpc) is 3.56. The Morgan fingerprint density at radius 3 is 1.78 bits per heavy atom. The highest BCUT2D eigenvalue weighted by atomic mass is 32.2. The summed E-state index contributed by atoms with van der Waals surface area (Å²) in [4.78, 5) is 9.07. The van der Waals surface area contributed by atoms with E-state index in [0.29, 0.717) is 59.7 Å². The zero-order valence-corrected chi connectivity index (χ0v) is 40.3. The largest absolute Gasteiger partial charge is 0.748 e. The minimum Gasteiger partial charge on any atom is -0.748 e. The molecule has 0 amide bonds. The molecule has 67 heavy (non-hydrogen) atoms. The van der Waals surface area contributed by atoms with Gasteiger partial charge in [-0.15, -0.1) is 0 Å². The number of allylic oxidation sites excluding steroid dienone is 4. The molecule has 364 valence electrons. The van der Waals surface area contributed by atoms with E-state index in [0.717, 1.165) is 12.1 Å². The number of methoxy groups -OCH3 is 1. The summed E-state index contributed by atoms with van der Waals surface area (Å²) in [5.41, 5.74) is -0.399. The fourth-order valence-electron chi connectivity index (χ4n) is 9.31. The number of carboxylic acid groups (broad SMARTS) is 1. The average molecular weight is 1030 g/mol. The van der Waals surface area contributed by atoms with Crippen molar-refractivity contribution in [1.82, 2.24) is 0 Å². The van der Waals surface area contributed by atoms with E-state index in [9.17, 15) is 74.8 Å². The zero-order valence-electron chi connectivity index (χ0n) is 36.2. The Morgan fingerprint density at radius 1 is 0.716 bits per heavy atom. The van der Waals surface area contributed by atoms with Crippen molar-refractivity contribution >= 4 is 95.2 Å². The van der Waals surface area contributed by atoms with Crippen LogP contribution in [0.5, 0.6) is 0 Å². The maximum atomic E-state index is 12.6. The second-order valence-corrected chi connectivity index (χ2v) is 23.9. The number of benzene rings is 4. The highest BCUT2D eigenvalue weighted by molar-refractivity contribution is 7.87. The normalized spacial score (nSPS) is 18.5. The van der Waals surface area contributed by atoms with Crippen molar-refractivity contribution in [3.05, 3.63) is 83.6 Å². The van der Waals surface area contributed by atoms with Gasteiger partial charge < -0.3 is 37.5 Å². The van der Waals surface area contributed by atoms with Crippen LogP contribution in [-0.2, 0) is 71.0 Å². The van der Waals surface area contributed by atoms with E-state index in [2.05, 4.69) is 0 Å². The lowest BCUT2D eigenvalue weighted by atomic mass is 9.75. The van der Waals surface area contributed by atoms with E-state index in [4.69, 9.17) is 4.74 Å². The zero-order chi connectivity index (χ0) is 49.9. The Labute approximate surface area is 388 Å². The van der Waals surface area contributed by atoms with Gasteiger partial charge in [0.15, 0.2) is 5.71 Å². The molecule has 2 aliphatic rings. The molecule has 0 saturated heterocycles. The van der Waals surface area contributed by atoms with Crippen LogP contribution >= 0.6 is 0 Å². The number of unbranched alkanes of at least 4 members (excludes halogenated alkanes) is 2. The number of hydrogen-bond acceptors (Lipinski definition) is 18. The fourth-order valence-corrected chi connectivity index (χ4v) is 12.4. The summed E-state index contributed by atoms with van der Waals surface area (Å²) >= 11 is 0. The maximum Gasteiger partial charge on any atom is 0.303 e. The van der Waals surface area contributed by atoms with Crippen molar-refractivity contribution in [2.24, 2.45) is 0 Å². The third kappa shape index (κ3) is 10.5. The minimum atomic E-state index is -5.41. The van der Waals surface area contributed by atoms with E-state index in [-0.39, 0.29) is 66.1 Å². The first-order valence-electron chi connectivity index (χ1n) is 20.3. The van der Waals surface area contributed by atoms with Crippen LogP contribution in [0, 0.1) is 0 Å². The molecular weight excluding hydrogens is 981 g/mol. The molecule has 0 bridgehead atoms. The van der Waals surface area contributed by atoms with Gasteiger partial charge in [-0.05, 0) is 111 Å². The van der Waals surface area contributed by atoms with Gasteiger partial charge in [0.2, 0.25) is 5.69 Å². The standard InChI is InChI=1S/C42H48N2O18S5/c1-41(2)36(43(18-7-5-6-12-38(45)46)32-15-13-28-30(39(32)41)22-26(64(50,51)52)24-34(28)66(56,57)58)10-8-11-37-42(3,17-9-21-63(47,48)49)40-31-23-27(65(53,54)55)25-35(67(59,60)61)29(31)14-16-33(40)44(37)19-20-62-4/h8,10-11,13-16,22-25H,5-7,9,12,17-21H2,1-4H3,(H5-,45,46,47,48,49,50,51,52,53,54,55,56,57,58,59,60,61)/p-4. The number of aliphatic carboxylic acids is 1. The van der Waals surface area contributed by atoms with Gasteiger partial charge in [0.25, 0.3) is 0 Å². The van der Waals surface area contributed by atoms with Gasteiger partial charge in [-0.2, -0.15) is 4.58 Å². The van der Waals surface area contributed by atoms with E-state index < -0.39 is 92.7 Å². The molecule has 0 aliphatic carbocycles. The Kier molecular flexibility index (Phi) is 14.2. The molecule has 2 heterocycles. The predicted molar refractivity (Wildman–Crippen MR) is 236 cm³/mol. The third-order valence-electron chi connectivity index (χ3n) is 12.1. The molecule has 0 radical (unpaired) electrons. The van der Waals surface area contributed by atoms with Gasteiger partial charge >= 0.3 is 5.97 Å². The molecule has 4 aromatic rings. The van der Waals surface area contributed by atoms with Crippen molar-refractivity contribution in [3.63, 3.8) is 0 Å². The molecule has 0 aromatic heterocycles. The number of rotatable bonds is 19. The SMILES string of the molecule is COCCN1/C(=C/C=C/C2=[N+](CCCCCC(=O)O)c3ccc4c(S(=O)(=O)[O-])cc(S(=O)(=O)[O-])cc4c3C2(C)C)C(C)(CCCS(=O)(=O)[O-])c2c1ccc1c(S(=O)(=O)[O-])cc(S(=O)(=O)[O-])cc21. The molecule has 0 saturated carbocycles. The van der Waals surface area contributed by atoms with Crippen LogP contribution < -0.4 is 4.90 Å². The first kappa shape index (κ1) is 51.7. The van der Waals surface area contributed by atoms with Crippen LogP contribution in [-0.4, -0.2) is 119 Å². The number of carbonyl (C=O) groups is 1. The van der Waals surface area contributed by atoms with Gasteiger partial charge in [-0.3, -0.25) is 4.79 Å². The monoisotopic (exact) mass is 1020 g/mol. The number of fused-ring (bicyclic) bond motifs is 6. The van der Waals surface area contributed by atoms with E-state index in [1.165, 1.54) is 31.4 Å². The number of nitrogens with zero attached hydrogens (tertiary/aromatic N) is 2. The van der Waals surface area contributed by atoms with Gasteiger partial charge in [0.05, 0.1) is 41.7 Å². The van der Waals surface area contributed by atoms with Crippen LogP contribution in [0.4, 0.5) is 11.4 Å². The Bertz CT molecular complexity index is 3400. The number of hydrogen-bond donors (Lipinski definition) is 1. The molecule has 0 spiro atoms. The second-order valence-electron chi connectivity index (χ2n) is 16.9. The number of anilines is 1. The summed E-state index contributed by atoms with van der Waals surface area (Å²) in [7, 11) is -24.8. The highest BCUT2D eigenvalue weighted by Gasteiger charge is 2.47. The Hall–Kier alpha value is -4.67.